The van der Waals surface area contributed by atoms with E-state index in [4.69, 9.17) is 27.9 Å². The van der Waals surface area contributed by atoms with E-state index in [0.29, 0.717) is 33.8 Å². The second-order valence-corrected chi connectivity index (χ2v) is 13.2. The lowest BCUT2D eigenvalue weighted by Gasteiger charge is -2.39. The van der Waals surface area contributed by atoms with Crippen LogP contribution in [0.3, 0.4) is 0 Å². The zero-order chi connectivity index (χ0) is 32.7. The van der Waals surface area contributed by atoms with Crippen LogP contribution in [0.1, 0.15) is 25.7 Å². The summed E-state index contributed by atoms with van der Waals surface area (Å²) in [5.41, 5.74) is 0.697. The molecule has 0 N–H and O–H groups in total. The van der Waals surface area contributed by atoms with Crippen molar-refractivity contribution < 1.29 is 18.3 Å². The van der Waals surface area contributed by atoms with Gasteiger partial charge >= 0.3 is 6.01 Å². The number of ether oxygens (including phenoxy) is 1. The molecule has 2 aliphatic heterocycles. The molecule has 0 radical (unpaired) electrons. The van der Waals surface area contributed by atoms with E-state index in [-0.39, 0.29) is 48.8 Å². The molecule has 242 valence electrons. The molecule has 0 spiro atoms. The lowest BCUT2D eigenvalue weighted by Crippen LogP contribution is -2.56. The minimum Gasteiger partial charge on any atom is -0.463 e. The van der Waals surface area contributed by atoms with E-state index in [1.165, 1.54) is 17.7 Å². The molecule has 47 heavy (non-hydrogen) atoms. The molecule has 9 nitrogen and oxygen atoms in total. The Hall–Kier alpha value is -4.40. The predicted molar refractivity (Wildman–Crippen MR) is 178 cm³/mol. The van der Waals surface area contributed by atoms with Crippen molar-refractivity contribution in [3.63, 3.8) is 0 Å². The fourth-order valence-corrected chi connectivity index (χ4v) is 7.18. The van der Waals surface area contributed by atoms with Crippen molar-refractivity contribution in [3.8, 4) is 17.3 Å². The van der Waals surface area contributed by atoms with Crippen LogP contribution in [0.15, 0.2) is 55.0 Å². The first-order valence-corrected chi connectivity index (χ1v) is 16.3. The van der Waals surface area contributed by atoms with Gasteiger partial charge in [0.15, 0.2) is 11.6 Å². The lowest BCUT2D eigenvalue weighted by molar-refractivity contribution is -0.131. The van der Waals surface area contributed by atoms with E-state index in [1.54, 1.807) is 18.3 Å². The van der Waals surface area contributed by atoms with Crippen molar-refractivity contribution >= 4 is 45.0 Å². The fraction of sp³-hybridized carbons (Fsp3) is 0.400. The number of likely N-dealkylation sites (tertiary alicyclic amines) is 1. The number of carbonyl (C=O) groups is 1. The van der Waals surface area contributed by atoms with Crippen LogP contribution in [-0.4, -0.2) is 89.1 Å². The largest absolute Gasteiger partial charge is 0.463 e. The van der Waals surface area contributed by atoms with Gasteiger partial charge in [-0.15, -0.1) is 0 Å². The molecule has 1 atom stereocenters. The maximum Gasteiger partial charge on any atom is 0.319 e. The molecule has 1 amide bonds. The van der Waals surface area contributed by atoms with Crippen LogP contribution in [0.4, 0.5) is 14.6 Å². The highest BCUT2D eigenvalue weighted by molar-refractivity contribution is 6.36. The summed E-state index contributed by atoms with van der Waals surface area (Å²) < 4.78 is 36.9. The third kappa shape index (κ3) is 6.08. The average molecular weight is 658 g/mol. The molecule has 3 aliphatic rings. The summed E-state index contributed by atoms with van der Waals surface area (Å²) in [6.45, 7) is 14.7. The predicted octanol–water partition coefficient (Wildman–Crippen LogP) is 6.31. The molecular formula is C35H34ClF2N7O2. The zero-order valence-electron chi connectivity index (χ0n) is 25.9. The molecule has 0 unspecified atom stereocenters. The molecule has 2 saturated heterocycles. The molecule has 7 rings (SSSR count). The van der Waals surface area contributed by atoms with Crippen LogP contribution in [0.5, 0.6) is 6.01 Å². The number of carbonyl (C=O) groups excluding carboxylic acids is 1. The highest BCUT2D eigenvalue weighted by Gasteiger charge is 2.45. The molecule has 2 aromatic heterocycles. The first kappa shape index (κ1) is 31.2. The van der Waals surface area contributed by atoms with Gasteiger partial charge in [0.05, 0.1) is 12.0 Å². The summed E-state index contributed by atoms with van der Waals surface area (Å²) in [4.78, 5) is 35.6. The Balaban J connectivity index is 1.29. The number of fused-ring (bicyclic) bond motifs is 2. The Kier molecular flexibility index (Phi) is 8.41. The number of benzene rings is 2. The quantitative estimate of drug-likeness (QED) is 0.154. The van der Waals surface area contributed by atoms with Gasteiger partial charge in [-0.05, 0) is 50.2 Å². The number of halogens is 3. The summed E-state index contributed by atoms with van der Waals surface area (Å²) in [6, 6.07) is 10.5. The Morgan fingerprint density at radius 3 is 2.62 bits per heavy atom. The van der Waals surface area contributed by atoms with Gasteiger partial charge in [-0.25, -0.2) is 15.4 Å². The standard InChI is InChI=1S/C35H34ClF2N7O2/c1-22(37)33(46)45-16-15-44(19-24(45)17-39-2)32-26-18-40-30(25-9-5-7-23-8-6-10-27(36)28(23)25)29(38)31(26)41-34(42-32)47-21-35(11-12-35)20-43-13-3-4-14-43/h5-10,18,24H,1,3-4,11-17,19-21H2/t24-/m0/s1. The monoisotopic (exact) mass is 657 g/mol. The van der Waals surface area contributed by atoms with Crippen LogP contribution in [0.25, 0.3) is 37.8 Å². The van der Waals surface area contributed by atoms with Gasteiger partial charge in [0.1, 0.15) is 23.1 Å². The van der Waals surface area contributed by atoms with Crippen molar-refractivity contribution in [3.05, 3.63) is 77.3 Å². The second-order valence-electron chi connectivity index (χ2n) is 12.8. The number of anilines is 1. The molecule has 4 aromatic rings. The van der Waals surface area contributed by atoms with E-state index in [2.05, 4.69) is 26.3 Å². The van der Waals surface area contributed by atoms with E-state index < -0.39 is 23.6 Å². The van der Waals surface area contributed by atoms with Gasteiger partial charge in [-0.3, -0.25) is 9.78 Å². The number of hydrogen-bond acceptors (Lipinski definition) is 7. The van der Waals surface area contributed by atoms with Gasteiger partial charge in [0.25, 0.3) is 5.91 Å². The lowest BCUT2D eigenvalue weighted by atomic mass is 10.0. The van der Waals surface area contributed by atoms with Crippen molar-refractivity contribution in [2.75, 3.05) is 57.3 Å². The Labute approximate surface area is 276 Å². The van der Waals surface area contributed by atoms with Crippen molar-refractivity contribution in [2.24, 2.45) is 5.41 Å². The van der Waals surface area contributed by atoms with Gasteiger partial charge in [-0.1, -0.05) is 48.5 Å². The van der Waals surface area contributed by atoms with Gasteiger partial charge in [0, 0.05) is 53.8 Å². The summed E-state index contributed by atoms with van der Waals surface area (Å²) in [7, 11) is 0. The highest BCUT2D eigenvalue weighted by Crippen LogP contribution is 2.47. The second kappa shape index (κ2) is 12.7. The van der Waals surface area contributed by atoms with Crippen molar-refractivity contribution in [1.82, 2.24) is 24.8 Å². The Morgan fingerprint density at radius 2 is 1.89 bits per heavy atom. The molecule has 4 heterocycles. The normalized spacial score (nSPS) is 19.2. The van der Waals surface area contributed by atoms with Gasteiger partial charge in [-0.2, -0.15) is 9.97 Å². The van der Waals surface area contributed by atoms with E-state index in [9.17, 15) is 9.18 Å². The van der Waals surface area contributed by atoms with Crippen LogP contribution in [0.2, 0.25) is 5.02 Å². The smallest absolute Gasteiger partial charge is 0.319 e. The van der Waals surface area contributed by atoms with Crippen LogP contribution in [0, 0.1) is 17.8 Å². The number of rotatable bonds is 9. The molecule has 12 heteroatoms. The molecular weight excluding hydrogens is 624 g/mol. The summed E-state index contributed by atoms with van der Waals surface area (Å²) in [5.74, 6) is -2.17. The molecule has 2 aromatic carbocycles. The van der Waals surface area contributed by atoms with Crippen molar-refractivity contribution in [1.29, 1.82) is 0 Å². The minimum absolute atomic E-state index is 0.0198. The average Bonchev–Trinajstić information content (AvgIpc) is 3.64. The first-order valence-electron chi connectivity index (χ1n) is 15.9. The number of nitrogens with zero attached hydrogens (tertiary/aromatic N) is 7. The summed E-state index contributed by atoms with van der Waals surface area (Å²) in [5, 5.41) is 2.38. The van der Waals surface area contributed by atoms with E-state index in [0.717, 1.165) is 37.9 Å². The number of piperazine rings is 1. The zero-order valence-corrected chi connectivity index (χ0v) is 26.6. The minimum atomic E-state index is -1.08. The SMILES string of the molecule is [C-]#[N+]C[C@H]1CN(c2nc(OCC3(CN4CCCC4)CC3)nc3c(F)c(-c4cccc5cccc(Cl)c45)ncc23)CCN1C(=O)C(=C)F. The maximum absolute atomic E-state index is 16.7. The highest BCUT2D eigenvalue weighted by atomic mass is 35.5. The topological polar surface area (TPSA) is 79.1 Å². The number of hydrogen-bond donors (Lipinski definition) is 0. The number of amides is 1. The van der Waals surface area contributed by atoms with Gasteiger partial charge < -0.3 is 24.3 Å². The Bertz CT molecular complexity index is 1920. The first-order chi connectivity index (χ1) is 22.8. The number of pyridine rings is 1. The van der Waals surface area contributed by atoms with Crippen LogP contribution >= 0.6 is 11.6 Å². The molecule has 3 fully saturated rings. The molecule has 1 saturated carbocycles. The number of aromatic nitrogens is 3. The third-order valence-corrected chi connectivity index (χ3v) is 9.87. The van der Waals surface area contributed by atoms with Crippen LogP contribution < -0.4 is 9.64 Å². The van der Waals surface area contributed by atoms with Gasteiger partial charge in [0.2, 0.25) is 6.54 Å². The molecule has 0 bridgehead atoms. The van der Waals surface area contributed by atoms with E-state index in [1.807, 2.05) is 29.2 Å². The Morgan fingerprint density at radius 1 is 1.13 bits per heavy atom. The summed E-state index contributed by atoms with van der Waals surface area (Å²) in [6.07, 6.45) is 6.05. The van der Waals surface area contributed by atoms with Crippen molar-refractivity contribution in [2.45, 2.75) is 31.7 Å². The maximum atomic E-state index is 16.7. The summed E-state index contributed by atoms with van der Waals surface area (Å²) >= 11 is 6.59. The third-order valence-electron chi connectivity index (χ3n) is 9.55. The fourth-order valence-electron chi connectivity index (χ4n) is 6.90. The molecule has 1 aliphatic carbocycles. The van der Waals surface area contributed by atoms with Crippen LogP contribution in [-0.2, 0) is 4.79 Å². The van der Waals surface area contributed by atoms with E-state index >= 15 is 4.39 Å².